The minimum absolute atomic E-state index is 0.309. The maximum atomic E-state index is 12.8. The van der Waals surface area contributed by atoms with Crippen molar-refractivity contribution < 1.29 is 13.2 Å². The predicted octanol–water partition coefficient (Wildman–Crippen LogP) is 3.55. The number of fused-ring (bicyclic) bond motifs is 2. The Kier molecular flexibility index (Phi) is 5.62. The molecule has 5 heterocycles. The van der Waals surface area contributed by atoms with Gasteiger partial charge in [0.05, 0.1) is 11.8 Å². The SMILES string of the molecule is FC(F)(F)Cc1cc2c(N3C[C@H]4CCN(CC5CCNCC5)C[C@H]4C3)ncnc2s1. The number of anilines is 1. The standard InChI is InChI=1S/C21H28F3N5S/c22-21(23,24)8-17-7-18-19(26-13-27-20(18)30-17)29-11-15-3-6-28(10-16(15)12-29)9-14-1-4-25-5-2-14/h7,13-16,25H,1-6,8-12H2/t15-,16+/m1/s1. The minimum atomic E-state index is -4.20. The van der Waals surface area contributed by atoms with Gasteiger partial charge in [-0.1, -0.05) is 0 Å². The van der Waals surface area contributed by atoms with E-state index in [1.807, 2.05) is 0 Å². The Labute approximate surface area is 178 Å². The molecular formula is C21H28F3N5S. The van der Waals surface area contributed by atoms with Crippen LogP contribution >= 0.6 is 11.3 Å². The highest BCUT2D eigenvalue weighted by Gasteiger charge is 2.38. The van der Waals surface area contributed by atoms with Crippen molar-refractivity contribution in [2.45, 2.75) is 31.9 Å². The lowest BCUT2D eigenvalue weighted by Gasteiger charge is -2.37. The zero-order valence-electron chi connectivity index (χ0n) is 17.0. The van der Waals surface area contributed by atoms with Crippen LogP contribution in [0.15, 0.2) is 12.4 Å². The average Bonchev–Trinajstić information content (AvgIpc) is 3.30. The van der Waals surface area contributed by atoms with Crippen molar-refractivity contribution in [2.75, 3.05) is 50.7 Å². The third kappa shape index (κ3) is 4.43. The first-order valence-corrected chi connectivity index (χ1v) is 11.7. The first-order valence-electron chi connectivity index (χ1n) is 10.9. The van der Waals surface area contributed by atoms with Gasteiger partial charge in [0, 0.05) is 31.1 Å². The van der Waals surface area contributed by atoms with Crippen molar-refractivity contribution in [3.05, 3.63) is 17.3 Å². The summed E-state index contributed by atoms with van der Waals surface area (Å²) < 4.78 is 38.5. The van der Waals surface area contributed by atoms with E-state index in [0.717, 1.165) is 67.7 Å². The summed E-state index contributed by atoms with van der Waals surface area (Å²) in [7, 11) is 0. The molecule has 3 fully saturated rings. The number of halogens is 3. The number of hydrogen-bond acceptors (Lipinski definition) is 6. The number of piperidine rings is 2. The molecule has 0 amide bonds. The van der Waals surface area contributed by atoms with Crippen LogP contribution in [0.5, 0.6) is 0 Å². The Morgan fingerprint density at radius 3 is 2.67 bits per heavy atom. The molecule has 3 saturated heterocycles. The summed E-state index contributed by atoms with van der Waals surface area (Å²) in [5.74, 6) is 2.87. The second-order valence-corrected chi connectivity index (χ2v) is 10.2. The fourth-order valence-electron chi connectivity index (χ4n) is 5.44. The summed E-state index contributed by atoms with van der Waals surface area (Å²) in [6, 6.07) is 1.65. The summed E-state index contributed by atoms with van der Waals surface area (Å²) >= 11 is 1.13. The maximum Gasteiger partial charge on any atom is 0.393 e. The molecule has 2 aromatic heterocycles. The van der Waals surface area contributed by atoms with Gasteiger partial charge in [-0.25, -0.2) is 9.97 Å². The number of alkyl halides is 3. The number of rotatable bonds is 4. The van der Waals surface area contributed by atoms with Gasteiger partial charge in [-0.3, -0.25) is 0 Å². The molecule has 0 aliphatic carbocycles. The highest BCUT2D eigenvalue weighted by Crippen LogP contribution is 2.38. The van der Waals surface area contributed by atoms with Crippen LogP contribution in [0.4, 0.5) is 19.0 Å². The first kappa shape index (κ1) is 20.5. The van der Waals surface area contributed by atoms with Gasteiger partial charge in [0.15, 0.2) is 0 Å². The normalized spacial score (nSPS) is 26.4. The smallest absolute Gasteiger partial charge is 0.355 e. The topological polar surface area (TPSA) is 44.3 Å². The van der Waals surface area contributed by atoms with E-state index in [9.17, 15) is 13.2 Å². The lowest BCUT2D eigenvalue weighted by molar-refractivity contribution is -0.126. The molecule has 0 saturated carbocycles. The Morgan fingerprint density at radius 1 is 1.07 bits per heavy atom. The van der Waals surface area contributed by atoms with Crippen molar-refractivity contribution in [1.29, 1.82) is 0 Å². The molecule has 1 N–H and O–H groups in total. The monoisotopic (exact) mass is 439 g/mol. The van der Waals surface area contributed by atoms with Crippen LogP contribution < -0.4 is 10.2 Å². The molecule has 3 aliphatic heterocycles. The van der Waals surface area contributed by atoms with Gasteiger partial charge < -0.3 is 15.1 Å². The summed E-state index contributed by atoms with van der Waals surface area (Å²) in [5, 5.41) is 4.21. The summed E-state index contributed by atoms with van der Waals surface area (Å²) in [6.45, 7) is 7.65. The van der Waals surface area contributed by atoms with Gasteiger partial charge in [-0.2, -0.15) is 13.2 Å². The Hall–Kier alpha value is -1.45. The lowest BCUT2D eigenvalue weighted by Crippen LogP contribution is -2.43. The molecular weight excluding hydrogens is 411 g/mol. The van der Waals surface area contributed by atoms with Crippen LogP contribution in [0.3, 0.4) is 0 Å². The molecule has 0 bridgehead atoms. The lowest BCUT2D eigenvalue weighted by atomic mass is 9.87. The van der Waals surface area contributed by atoms with E-state index >= 15 is 0 Å². The summed E-state index contributed by atoms with van der Waals surface area (Å²) in [5.41, 5.74) is 0. The largest absolute Gasteiger partial charge is 0.393 e. The molecule has 5 nitrogen and oxygen atoms in total. The molecule has 2 aromatic rings. The van der Waals surface area contributed by atoms with Crippen molar-refractivity contribution in [3.63, 3.8) is 0 Å². The van der Waals surface area contributed by atoms with Crippen LogP contribution in [-0.2, 0) is 6.42 Å². The van der Waals surface area contributed by atoms with Gasteiger partial charge >= 0.3 is 6.18 Å². The molecule has 164 valence electrons. The van der Waals surface area contributed by atoms with E-state index in [4.69, 9.17) is 0 Å². The third-order valence-electron chi connectivity index (χ3n) is 6.89. The van der Waals surface area contributed by atoms with Crippen molar-refractivity contribution in [2.24, 2.45) is 17.8 Å². The molecule has 9 heteroatoms. The molecule has 0 radical (unpaired) electrons. The average molecular weight is 440 g/mol. The fraction of sp³-hybridized carbons (Fsp3) is 0.714. The van der Waals surface area contributed by atoms with E-state index in [1.165, 1.54) is 32.1 Å². The number of hydrogen-bond donors (Lipinski definition) is 1. The quantitative estimate of drug-likeness (QED) is 0.789. The number of aromatic nitrogens is 2. The van der Waals surface area contributed by atoms with Crippen LogP contribution in [0.1, 0.15) is 24.1 Å². The van der Waals surface area contributed by atoms with Crippen LogP contribution in [0, 0.1) is 17.8 Å². The fourth-order valence-corrected chi connectivity index (χ4v) is 6.46. The van der Waals surface area contributed by atoms with Crippen molar-refractivity contribution >= 4 is 27.4 Å². The van der Waals surface area contributed by atoms with E-state index in [-0.39, 0.29) is 0 Å². The van der Waals surface area contributed by atoms with Crippen LogP contribution in [0.2, 0.25) is 0 Å². The summed E-state index contributed by atoms with van der Waals surface area (Å²) in [6.07, 6.45) is 0.141. The van der Waals surface area contributed by atoms with E-state index in [2.05, 4.69) is 25.1 Å². The second kappa shape index (κ2) is 8.24. The van der Waals surface area contributed by atoms with Crippen LogP contribution in [-0.4, -0.2) is 66.9 Å². The maximum absolute atomic E-state index is 12.8. The van der Waals surface area contributed by atoms with Gasteiger partial charge in [-0.15, -0.1) is 11.3 Å². The van der Waals surface area contributed by atoms with Crippen molar-refractivity contribution in [1.82, 2.24) is 20.2 Å². The zero-order valence-corrected chi connectivity index (χ0v) is 17.8. The van der Waals surface area contributed by atoms with Crippen molar-refractivity contribution in [3.8, 4) is 0 Å². The van der Waals surface area contributed by atoms with Gasteiger partial charge in [-0.05, 0) is 62.7 Å². The Balaban J connectivity index is 1.28. The summed E-state index contributed by atoms with van der Waals surface area (Å²) in [4.78, 5) is 14.6. The zero-order chi connectivity index (χ0) is 20.7. The van der Waals surface area contributed by atoms with E-state index < -0.39 is 12.6 Å². The van der Waals surface area contributed by atoms with Gasteiger partial charge in [0.2, 0.25) is 0 Å². The van der Waals surface area contributed by atoms with Gasteiger partial charge in [0.1, 0.15) is 17.0 Å². The van der Waals surface area contributed by atoms with E-state index in [1.54, 1.807) is 6.07 Å². The Bertz CT molecular complexity index is 879. The molecule has 5 rings (SSSR count). The number of nitrogens with zero attached hydrogens (tertiary/aromatic N) is 4. The first-order chi connectivity index (χ1) is 14.4. The Morgan fingerprint density at radius 2 is 1.87 bits per heavy atom. The number of likely N-dealkylation sites (tertiary alicyclic amines) is 1. The number of nitrogens with one attached hydrogen (secondary N) is 1. The molecule has 2 atom stereocenters. The molecule has 3 aliphatic rings. The van der Waals surface area contributed by atoms with E-state index in [0.29, 0.717) is 21.5 Å². The molecule has 30 heavy (non-hydrogen) atoms. The molecule has 0 aromatic carbocycles. The third-order valence-corrected chi connectivity index (χ3v) is 7.94. The predicted molar refractivity (Wildman–Crippen MR) is 113 cm³/mol. The van der Waals surface area contributed by atoms with Crippen LogP contribution in [0.25, 0.3) is 10.2 Å². The molecule has 0 spiro atoms. The molecule has 0 unspecified atom stereocenters. The highest BCUT2D eigenvalue weighted by atomic mass is 32.1. The highest BCUT2D eigenvalue weighted by molar-refractivity contribution is 7.18. The second-order valence-electron chi connectivity index (χ2n) is 9.09. The van der Waals surface area contributed by atoms with Gasteiger partial charge in [0.25, 0.3) is 0 Å². The minimum Gasteiger partial charge on any atom is -0.355 e. The number of thiophene rings is 1.